The third-order valence-electron chi connectivity index (χ3n) is 3.06. The highest BCUT2D eigenvalue weighted by atomic mass is 32.2. The lowest BCUT2D eigenvalue weighted by Gasteiger charge is -2.22. The van der Waals surface area contributed by atoms with E-state index in [4.69, 9.17) is 0 Å². The van der Waals surface area contributed by atoms with Gasteiger partial charge in [0.1, 0.15) is 0 Å². The van der Waals surface area contributed by atoms with E-state index in [-0.39, 0.29) is 11.9 Å². The molecule has 0 aliphatic carbocycles. The molecule has 112 valence electrons. The number of carbonyl (C=O) groups excluding carboxylic acids is 1. The van der Waals surface area contributed by atoms with Crippen molar-refractivity contribution in [1.82, 2.24) is 25.3 Å². The van der Waals surface area contributed by atoms with Crippen molar-refractivity contribution in [3.63, 3.8) is 0 Å². The van der Waals surface area contributed by atoms with Crippen molar-refractivity contribution in [2.24, 2.45) is 0 Å². The van der Waals surface area contributed by atoms with E-state index in [2.05, 4.69) is 25.3 Å². The zero-order valence-electron chi connectivity index (χ0n) is 11.3. The van der Waals surface area contributed by atoms with E-state index in [1.165, 1.54) is 0 Å². The van der Waals surface area contributed by atoms with E-state index < -0.39 is 10.0 Å². The van der Waals surface area contributed by atoms with Gasteiger partial charge in [-0.1, -0.05) is 0 Å². The molecular weight excluding hydrogens is 282 g/mol. The zero-order valence-corrected chi connectivity index (χ0v) is 12.1. The normalized spacial score (nSPS) is 18.6. The van der Waals surface area contributed by atoms with Gasteiger partial charge >= 0.3 is 0 Å². The summed E-state index contributed by atoms with van der Waals surface area (Å²) in [6.45, 7) is 1.36. The number of hydrogen-bond donors (Lipinski definition) is 4. The predicted molar refractivity (Wildman–Crippen MR) is 73.4 cm³/mol. The van der Waals surface area contributed by atoms with Crippen LogP contribution < -0.4 is 15.4 Å². The summed E-state index contributed by atoms with van der Waals surface area (Å²) in [6, 6.07) is -0.284. The van der Waals surface area contributed by atoms with Gasteiger partial charge in [0.25, 0.3) is 0 Å². The first-order chi connectivity index (χ1) is 9.46. The summed E-state index contributed by atoms with van der Waals surface area (Å²) < 4.78 is 24.1. The number of nitrogens with one attached hydrogen (secondary N) is 4. The van der Waals surface area contributed by atoms with Crippen molar-refractivity contribution < 1.29 is 13.2 Å². The van der Waals surface area contributed by atoms with Crippen LogP contribution in [0.2, 0.25) is 0 Å². The minimum Gasteiger partial charge on any atom is -0.355 e. The van der Waals surface area contributed by atoms with Gasteiger partial charge in [0.2, 0.25) is 15.9 Å². The minimum absolute atomic E-state index is 0.0852. The zero-order chi connectivity index (χ0) is 14.6. The summed E-state index contributed by atoms with van der Waals surface area (Å²) >= 11 is 0. The second-order valence-corrected chi connectivity index (χ2v) is 6.61. The summed E-state index contributed by atoms with van der Waals surface area (Å²) in [4.78, 5) is 19.1. The number of amides is 1. The third kappa shape index (κ3) is 4.29. The summed E-state index contributed by atoms with van der Waals surface area (Å²) in [7, 11) is -3.16. The average Bonchev–Trinajstić information content (AvgIpc) is 2.83. The molecule has 0 spiro atoms. The third-order valence-corrected chi connectivity index (χ3v) is 3.79. The summed E-state index contributed by atoms with van der Waals surface area (Å²) in [6.07, 6.45) is 3.86. The van der Waals surface area contributed by atoms with Gasteiger partial charge in [0.15, 0.2) is 0 Å². The number of hydrogen-bond acceptors (Lipinski definition) is 5. The highest BCUT2D eigenvalue weighted by Crippen LogP contribution is 2.11. The molecule has 1 atom stereocenters. The van der Waals surface area contributed by atoms with Crippen molar-refractivity contribution in [1.29, 1.82) is 0 Å². The smallest absolute Gasteiger partial charge is 0.237 e. The molecule has 0 bridgehead atoms. The first-order valence-corrected chi connectivity index (χ1v) is 8.32. The number of sulfonamides is 1. The predicted octanol–water partition coefficient (Wildman–Crippen LogP) is -1.52. The van der Waals surface area contributed by atoms with E-state index in [0.29, 0.717) is 32.5 Å². The number of imidazole rings is 1. The van der Waals surface area contributed by atoms with E-state index >= 15 is 0 Å². The van der Waals surface area contributed by atoms with Crippen LogP contribution in [0.25, 0.3) is 0 Å². The van der Waals surface area contributed by atoms with Gasteiger partial charge in [0.05, 0.1) is 30.0 Å². The average molecular weight is 301 g/mol. The molecule has 0 radical (unpaired) electrons. The van der Waals surface area contributed by atoms with Crippen molar-refractivity contribution in [3.05, 3.63) is 17.7 Å². The molecule has 8 nitrogen and oxygen atoms in total. The molecule has 1 aliphatic rings. The number of carbonyl (C=O) groups is 1. The summed E-state index contributed by atoms with van der Waals surface area (Å²) in [5.41, 5.74) is 1.94. The Hall–Kier alpha value is -1.45. The second kappa shape index (κ2) is 6.33. The number of nitrogens with zero attached hydrogens (tertiary/aromatic N) is 1. The van der Waals surface area contributed by atoms with Gasteiger partial charge in [-0.15, -0.1) is 0 Å². The van der Waals surface area contributed by atoms with Crippen molar-refractivity contribution in [2.75, 3.05) is 19.3 Å². The largest absolute Gasteiger partial charge is 0.355 e. The van der Waals surface area contributed by atoms with E-state index in [1.54, 1.807) is 6.33 Å². The van der Waals surface area contributed by atoms with Crippen LogP contribution in [-0.4, -0.2) is 49.7 Å². The first-order valence-electron chi connectivity index (χ1n) is 6.42. The molecule has 0 aromatic carbocycles. The van der Waals surface area contributed by atoms with Crippen LogP contribution in [-0.2, 0) is 27.8 Å². The van der Waals surface area contributed by atoms with E-state index in [0.717, 1.165) is 17.6 Å². The number of fused-ring (bicyclic) bond motifs is 1. The molecule has 1 aromatic heterocycles. The van der Waals surface area contributed by atoms with Gasteiger partial charge in [-0.3, -0.25) is 10.1 Å². The topological polar surface area (TPSA) is 116 Å². The maximum Gasteiger partial charge on any atom is 0.237 e. The molecular formula is C11H19N5O3S. The highest BCUT2D eigenvalue weighted by Gasteiger charge is 2.25. The van der Waals surface area contributed by atoms with Gasteiger partial charge < -0.3 is 10.3 Å². The Morgan fingerprint density at radius 2 is 2.30 bits per heavy atom. The Balaban J connectivity index is 1.69. The molecule has 1 aliphatic heterocycles. The van der Waals surface area contributed by atoms with Crippen molar-refractivity contribution in [2.45, 2.75) is 25.4 Å². The lowest BCUT2D eigenvalue weighted by atomic mass is 10.0. The molecule has 0 fully saturated rings. The quantitative estimate of drug-likeness (QED) is 0.476. The fourth-order valence-electron chi connectivity index (χ4n) is 2.04. The van der Waals surface area contributed by atoms with Crippen molar-refractivity contribution in [3.8, 4) is 0 Å². The molecule has 1 amide bonds. The standard InChI is InChI=1S/C11H19N5O3S/c1-20(18,19)16-4-2-3-12-11(17)9-5-8-10(6-13-9)15-7-14-8/h7,9,13,16H,2-6H2,1H3,(H,12,17)(H,14,15). The maximum absolute atomic E-state index is 11.9. The Bertz CT molecular complexity index is 568. The number of H-pyrrole nitrogens is 1. The Morgan fingerprint density at radius 3 is 3.05 bits per heavy atom. The highest BCUT2D eigenvalue weighted by molar-refractivity contribution is 7.88. The van der Waals surface area contributed by atoms with E-state index in [9.17, 15) is 13.2 Å². The molecule has 0 saturated heterocycles. The SMILES string of the molecule is CS(=O)(=O)NCCCNC(=O)C1Cc2nc[nH]c2CN1. The fraction of sp³-hybridized carbons (Fsp3) is 0.636. The molecule has 4 N–H and O–H groups in total. The Morgan fingerprint density at radius 1 is 1.50 bits per heavy atom. The fourth-order valence-corrected chi connectivity index (χ4v) is 2.55. The van der Waals surface area contributed by atoms with Crippen LogP contribution in [0.15, 0.2) is 6.33 Å². The Labute approximate surface area is 117 Å². The van der Waals surface area contributed by atoms with Crippen LogP contribution in [0.5, 0.6) is 0 Å². The molecule has 9 heteroatoms. The Kier molecular flexibility index (Phi) is 4.73. The van der Waals surface area contributed by atoms with Crippen LogP contribution in [0.4, 0.5) is 0 Å². The molecule has 1 aromatic rings. The van der Waals surface area contributed by atoms with Crippen molar-refractivity contribution >= 4 is 15.9 Å². The summed E-state index contributed by atoms with van der Waals surface area (Å²) in [5.74, 6) is -0.0852. The lowest BCUT2D eigenvalue weighted by Crippen LogP contribution is -2.48. The number of aromatic amines is 1. The monoisotopic (exact) mass is 301 g/mol. The van der Waals surface area contributed by atoms with Gasteiger partial charge in [0, 0.05) is 26.1 Å². The van der Waals surface area contributed by atoms with Gasteiger partial charge in [-0.05, 0) is 6.42 Å². The second-order valence-electron chi connectivity index (χ2n) is 4.78. The minimum atomic E-state index is -3.16. The van der Waals surface area contributed by atoms with Crippen LogP contribution in [0, 0.1) is 0 Å². The first kappa shape index (κ1) is 14.9. The molecule has 2 heterocycles. The molecule has 2 rings (SSSR count). The lowest BCUT2D eigenvalue weighted by molar-refractivity contribution is -0.123. The maximum atomic E-state index is 11.9. The van der Waals surface area contributed by atoms with Gasteiger partial charge in [-0.25, -0.2) is 18.1 Å². The molecule has 1 unspecified atom stereocenters. The van der Waals surface area contributed by atoms with Crippen LogP contribution in [0.1, 0.15) is 17.8 Å². The van der Waals surface area contributed by atoms with Gasteiger partial charge in [-0.2, -0.15) is 0 Å². The number of aromatic nitrogens is 2. The molecule has 0 saturated carbocycles. The molecule has 20 heavy (non-hydrogen) atoms. The summed E-state index contributed by atoms with van der Waals surface area (Å²) in [5, 5.41) is 5.92. The van der Waals surface area contributed by atoms with Crippen LogP contribution >= 0.6 is 0 Å². The number of rotatable bonds is 6. The van der Waals surface area contributed by atoms with Crippen LogP contribution in [0.3, 0.4) is 0 Å². The van der Waals surface area contributed by atoms with E-state index in [1.807, 2.05) is 0 Å².